The molecule has 0 aromatic heterocycles. The molecular weight excluding hydrogens is 240 g/mol. The van der Waals surface area contributed by atoms with Gasteiger partial charge in [-0.25, -0.2) is 0 Å². The zero-order chi connectivity index (χ0) is 14.2. The molecule has 0 N–H and O–H groups in total. The van der Waals surface area contributed by atoms with Gasteiger partial charge in [0.2, 0.25) is 0 Å². The maximum absolute atomic E-state index is 2.55. The van der Waals surface area contributed by atoms with E-state index in [2.05, 4.69) is 13.8 Å². The van der Waals surface area contributed by atoms with E-state index in [1.165, 1.54) is 77.0 Å². The molecule has 0 nitrogen and oxygen atoms in total. The van der Waals surface area contributed by atoms with E-state index >= 15 is 0 Å². The van der Waals surface area contributed by atoms with E-state index in [-0.39, 0.29) is 0 Å². The third-order valence-electron chi connectivity index (χ3n) is 6.25. The standard InChI is InChI=1S/C20H38/c1-17-14-15-20(18(2)16-17)19-12-10-8-6-4-3-5-7-9-11-13-19/h17-20H,3-16H2,1-2H3. The maximum atomic E-state index is 2.55. The van der Waals surface area contributed by atoms with Gasteiger partial charge in [0.25, 0.3) is 0 Å². The van der Waals surface area contributed by atoms with Gasteiger partial charge >= 0.3 is 0 Å². The minimum absolute atomic E-state index is 0.993. The lowest BCUT2D eigenvalue weighted by molar-refractivity contribution is 0.124. The molecule has 2 fully saturated rings. The molecule has 0 aromatic rings. The minimum atomic E-state index is 0.993. The number of hydrogen-bond donors (Lipinski definition) is 0. The lowest BCUT2D eigenvalue weighted by Gasteiger charge is -2.38. The monoisotopic (exact) mass is 278 g/mol. The Morgan fingerprint density at radius 3 is 1.55 bits per heavy atom. The third kappa shape index (κ3) is 5.41. The van der Waals surface area contributed by atoms with Crippen LogP contribution < -0.4 is 0 Å². The lowest BCUT2D eigenvalue weighted by atomic mass is 9.67. The van der Waals surface area contributed by atoms with E-state index in [4.69, 9.17) is 0 Å². The van der Waals surface area contributed by atoms with Gasteiger partial charge in [-0.3, -0.25) is 0 Å². The summed E-state index contributed by atoms with van der Waals surface area (Å²) in [6.45, 7) is 5.02. The van der Waals surface area contributed by atoms with E-state index < -0.39 is 0 Å². The van der Waals surface area contributed by atoms with Crippen molar-refractivity contribution in [2.24, 2.45) is 23.7 Å². The molecule has 0 amide bonds. The zero-order valence-electron chi connectivity index (χ0n) is 14.2. The van der Waals surface area contributed by atoms with Crippen molar-refractivity contribution in [2.45, 2.75) is 104 Å². The molecule has 0 bridgehead atoms. The predicted molar refractivity (Wildman–Crippen MR) is 89.9 cm³/mol. The topological polar surface area (TPSA) is 0 Å². The first-order valence-electron chi connectivity index (χ1n) is 9.77. The fraction of sp³-hybridized carbons (Fsp3) is 1.00. The van der Waals surface area contributed by atoms with Crippen molar-refractivity contribution in [1.82, 2.24) is 0 Å². The second kappa shape index (κ2) is 9.11. The molecule has 0 radical (unpaired) electrons. The van der Waals surface area contributed by atoms with Crippen LogP contribution in [0.4, 0.5) is 0 Å². The second-order valence-electron chi connectivity index (χ2n) is 8.08. The van der Waals surface area contributed by atoms with Crippen molar-refractivity contribution in [3.8, 4) is 0 Å². The van der Waals surface area contributed by atoms with Gasteiger partial charge < -0.3 is 0 Å². The molecule has 2 aliphatic carbocycles. The fourth-order valence-corrected chi connectivity index (χ4v) is 5.01. The van der Waals surface area contributed by atoms with Gasteiger partial charge in [0, 0.05) is 0 Å². The molecule has 0 heterocycles. The smallest absolute Gasteiger partial charge is 0.0360 e. The molecule has 2 rings (SSSR count). The lowest BCUT2D eigenvalue weighted by Crippen LogP contribution is -2.28. The summed E-state index contributed by atoms with van der Waals surface area (Å²) in [7, 11) is 0. The Kier molecular flexibility index (Phi) is 7.45. The summed E-state index contributed by atoms with van der Waals surface area (Å²) in [4.78, 5) is 0. The van der Waals surface area contributed by atoms with Gasteiger partial charge in [-0.05, 0) is 36.5 Å². The van der Waals surface area contributed by atoms with E-state index in [1.54, 1.807) is 12.8 Å². The maximum Gasteiger partial charge on any atom is -0.0360 e. The highest BCUT2D eigenvalue weighted by Crippen LogP contribution is 2.41. The van der Waals surface area contributed by atoms with Crippen molar-refractivity contribution in [1.29, 1.82) is 0 Å². The Hall–Kier alpha value is 0. The molecule has 20 heavy (non-hydrogen) atoms. The van der Waals surface area contributed by atoms with Crippen LogP contribution in [-0.4, -0.2) is 0 Å². The molecule has 0 aliphatic heterocycles. The molecule has 0 spiro atoms. The van der Waals surface area contributed by atoms with E-state index in [1.807, 2.05) is 0 Å². The van der Waals surface area contributed by atoms with Crippen LogP contribution in [0.15, 0.2) is 0 Å². The van der Waals surface area contributed by atoms with Gasteiger partial charge in [0.05, 0.1) is 0 Å². The van der Waals surface area contributed by atoms with Crippen molar-refractivity contribution < 1.29 is 0 Å². The van der Waals surface area contributed by atoms with Gasteiger partial charge in [-0.2, -0.15) is 0 Å². The molecule has 118 valence electrons. The normalized spacial score (nSPS) is 36.0. The first-order chi connectivity index (χ1) is 9.77. The predicted octanol–water partition coefficient (Wildman–Crippen LogP) is 6.98. The van der Waals surface area contributed by atoms with Crippen LogP contribution in [0.1, 0.15) is 104 Å². The van der Waals surface area contributed by atoms with Crippen molar-refractivity contribution in [3.63, 3.8) is 0 Å². The van der Waals surface area contributed by atoms with Gasteiger partial charge in [0.15, 0.2) is 0 Å². The SMILES string of the molecule is CC1CCC(C2CCCCCCCCCCC2)C(C)C1. The van der Waals surface area contributed by atoms with Crippen molar-refractivity contribution in [2.75, 3.05) is 0 Å². The van der Waals surface area contributed by atoms with Crippen molar-refractivity contribution >= 4 is 0 Å². The third-order valence-corrected chi connectivity index (χ3v) is 6.25. The Morgan fingerprint density at radius 2 is 1.05 bits per heavy atom. The molecule has 2 aliphatic rings. The summed E-state index contributed by atoms with van der Waals surface area (Å²) in [6.07, 6.45) is 21.2. The Bertz CT molecular complexity index is 232. The van der Waals surface area contributed by atoms with Gasteiger partial charge in [0.1, 0.15) is 0 Å². The van der Waals surface area contributed by atoms with Crippen LogP contribution in [-0.2, 0) is 0 Å². The van der Waals surface area contributed by atoms with Crippen LogP contribution in [0, 0.1) is 23.7 Å². The van der Waals surface area contributed by atoms with Crippen molar-refractivity contribution in [3.05, 3.63) is 0 Å². The van der Waals surface area contributed by atoms with Crippen LogP contribution >= 0.6 is 0 Å². The van der Waals surface area contributed by atoms with Gasteiger partial charge in [-0.15, -0.1) is 0 Å². The molecule has 3 unspecified atom stereocenters. The van der Waals surface area contributed by atoms with E-state index in [9.17, 15) is 0 Å². The van der Waals surface area contributed by atoms with Crippen LogP contribution in [0.25, 0.3) is 0 Å². The van der Waals surface area contributed by atoms with Gasteiger partial charge in [-0.1, -0.05) is 90.9 Å². The molecule has 0 heteroatoms. The first-order valence-corrected chi connectivity index (χ1v) is 9.77. The summed E-state index contributed by atoms with van der Waals surface area (Å²) in [5, 5.41) is 0. The Balaban J connectivity index is 1.84. The van der Waals surface area contributed by atoms with Crippen LogP contribution in [0.3, 0.4) is 0 Å². The number of rotatable bonds is 1. The van der Waals surface area contributed by atoms with Crippen LogP contribution in [0.5, 0.6) is 0 Å². The molecule has 0 saturated heterocycles. The summed E-state index contributed by atoms with van der Waals surface area (Å²) in [5.74, 6) is 4.12. The van der Waals surface area contributed by atoms with E-state index in [0.717, 1.165) is 23.7 Å². The molecule has 0 aromatic carbocycles. The highest BCUT2D eigenvalue weighted by molar-refractivity contribution is 4.81. The molecule has 2 saturated carbocycles. The summed E-state index contributed by atoms with van der Waals surface area (Å²) in [6, 6.07) is 0. The Labute approximate surface area is 128 Å². The molecular formula is C20H38. The minimum Gasteiger partial charge on any atom is -0.0625 e. The summed E-state index contributed by atoms with van der Waals surface area (Å²) in [5.41, 5.74) is 0. The van der Waals surface area contributed by atoms with E-state index in [0.29, 0.717) is 0 Å². The molecule has 3 atom stereocenters. The van der Waals surface area contributed by atoms with Crippen LogP contribution in [0.2, 0.25) is 0 Å². The summed E-state index contributed by atoms with van der Waals surface area (Å²) >= 11 is 0. The first kappa shape index (κ1) is 16.4. The second-order valence-corrected chi connectivity index (χ2v) is 8.08. The average molecular weight is 279 g/mol. The largest absolute Gasteiger partial charge is 0.0625 e. The highest BCUT2D eigenvalue weighted by Gasteiger charge is 2.30. The average Bonchev–Trinajstić information content (AvgIpc) is 2.40. The Morgan fingerprint density at radius 1 is 0.550 bits per heavy atom. The number of hydrogen-bond acceptors (Lipinski definition) is 0. The quantitative estimate of drug-likeness (QED) is 0.485. The zero-order valence-corrected chi connectivity index (χ0v) is 14.2. The summed E-state index contributed by atoms with van der Waals surface area (Å²) < 4.78 is 0. The highest BCUT2D eigenvalue weighted by atomic mass is 14.4. The fourth-order valence-electron chi connectivity index (χ4n) is 5.01.